The fourth-order valence-corrected chi connectivity index (χ4v) is 3.87. The maximum Gasteiger partial charge on any atom is 0.270 e. The zero-order valence-corrected chi connectivity index (χ0v) is 18.0. The quantitative estimate of drug-likeness (QED) is 0.448. The molecule has 32 heavy (non-hydrogen) atoms. The van der Waals surface area contributed by atoms with E-state index in [9.17, 15) is 18.8 Å². The van der Waals surface area contributed by atoms with Gasteiger partial charge in [0.05, 0.1) is 18.5 Å². The number of aromatic nitrogens is 1. The average molecular weight is 460 g/mol. The molecule has 5 N–H and O–H groups in total. The Morgan fingerprint density at radius 2 is 1.97 bits per heavy atom. The molecule has 2 heterocycles. The predicted octanol–water partition coefficient (Wildman–Crippen LogP) is 2.29. The molecule has 168 valence electrons. The molecule has 3 rings (SSSR count). The summed E-state index contributed by atoms with van der Waals surface area (Å²) >= 11 is 0.740. The Hall–Kier alpha value is -3.73. The van der Waals surface area contributed by atoms with E-state index in [1.54, 1.807) is 31.2 Å². The molecule has 0 spiro atoms. The van der Waals surface area contributed by atoms with Crippen LogP contribution >= 0.6 is 11.5 Å². The molecule has 0 fully saturated rings. The third-order valence-electron chi connectivity index (χ3n) is 4.77. The van der Waals surface area contributed by atoms with Gasteiger partial charge in [0.1, 0.15) is 22.5 Å². The van der Waals surface area contributed by atoms with Crippen LogP contribution in [-0.2, 0) is 17.9 Å². The summed E-state index contributed by atoms with van der Waals surface area (Å²) < 4.78 is 22.3. The van der Waals surface area contributed by atoms with Crippen molar-refractivity contribution < 1.29 is 23.2 Å². The number of furan rings is 1. The summed E-state index contributed by atoms with van der Waals surface area (Å²) in [7, 11) is 0. The first-order valence-corrected chi connectivity index (χ1v) is 10.5. The van der Waals surface area contributed by atoms with Gasteiger partial charge in [-0.15, -0.1) is 0 Å². The first kappa shape index (κ1) is 22.9. The number of nitrogen functional groups attached to an aromatic ring is 1. The van der Waals surface area contributed by atoms with Gasteiger partial charge in [-0.3, -0.25) is 14.4 Å². The van der Waals surface area contributed by atoms with Crippen molar-refractivity contribution in [3.05, 3.63) is 70.4 Å². The molecule has 0 saturated heterocycles. The maximum atomic E-state index is 13.3. The van der Waals surface area contributed by atoms with E-state index in [2.05, 4.69) is 9.69 Å². The van der Waals surface area contributed by atoms with Crippen molar-refractivity contribution in [2.45, 2.75) is 32.5 Å². The Bertz CT molecular complexity index is 1100. The number of nitrogens with zero attached hydrogens (tertiary/aromatic N) is 2. The smallest absolute Gasteiger partial charge is 0.270 e. The summed E-state index contributed by atoms with van der Waals surface area (Å²) in [5.74, 6) is -1.75. The number of anilines is 1. The lowest BCUT2D eigenvalue weighted by molar-refractivity contribution is -0.126. The second-order valence-electron chi connectivity index (χ2n) is 6.92. The highest BCUT2D eigenvalue weighted by Crippen LogP contribution is 2.26. The third-order valence-corrected chi connectivity index (χ3v) is 5.62. The fraction of sp³-hybridized carbons (Fsp3) is 0.238. The molecule has 0 aliphatic carbocycles. The molecule has 2 aromatic heterocycles. The van der Waals surface area contributed by atoms with E-state index < -0.39 is 23.8 Å². The highest BCUT2D eigenvalue weighted by atomic mass is 32.1. The molecule has 9 nitrogen and oxygen atoms in total. The van der Waals surface area contributed by atoms with Gasteiger partial charge in [0.15, 0.2) is 5.69 Å². The lowest BCUT2D eigenvalue weighted by Gasteiger charge is -2.29. The number of primary amides is 1. The molecule has 0 aliphatic heterocycles. The number of rotatable bonds is 9. The monoisotopic (exact) mass is 459 g/mol. The van der Waals surface area contributed by atoms with Crippen LogP contribution in [0.2, 0.25) is 0 Å². The van der Waals surface area contributed by atoms with Crippen LogP contribution in [0.15, 0.2) is 47.1 Å². The molecule has 0 unspecified atom stereocenters. The number of halogens is 1. The number of hydrogen-bond donors (Lipinski definition) is 3. The van der Waals surface area contributed by atoms with Crippen LogP contribution in [0.5, 0.6) is 0 Å². The molecule has 0 saturated carbocycles. The van der Waals surface area contributed by atoms with E-state index >= 15 is 0 Å². The molecular weight excluding hydrogens is 437 g/mol. The van der Waals surface area contributed by atoms with E-state index in [4.69, 9.17) is 15.9 Å². The van der Waals surface area contributed by atoms with Gasteiger partial charge < -0.3 is 26.1 Å². The van der Waals surface area contributed by atoms with E-state index in [1.807, 2.05) is 0 Å². The van der Waals surface area contributed by atoms with E-state index in [-0.39, 0.29) is 35.2 Å². The number of hydrogen-bond acceptors (Lipinski definition) is 7. The van der Waals surface area contributed by atoms with Crippen molar-refractivity contribution >= 4 is 34.9 Å². The first-order chi connectivity index (χ1) is 15.3. The van der Waals surface area contributed by atoms with Crippen LogP contribution in [0.25, 0.3) is 0 Å². The Labute approximate surface area is 187 Å². The van der Waals surface area contributed by atoms with E-state index in [1.165, 1.54) is 23.3 Å². The van der Waals surface area contributed by atoms with Gasteiger partial charge in [0.2, 0.25) is 5.91 Å². The molecular formula is C21H22FN5O4S. The Balaban J connectivity index is 1.85. The zero-order chi connectivity index (χ0) is 23.3. The van der Waals surface area contributed by atoms with Gasteiger partial charge in [-0.1, -0.05) is 19.1 Å². The molecule has 3 aromatic rings. The Morgan fingerprint density at radius 1 is 1.25 bits per heavy atom. The van der Waals surface area contributed by atoms with Crippen LogP contribution in [-0.4, -0.2) is 33.0 Å². The number of carbonyl (C=O) groups excluding carboxylic acids is 3. The minimum atomic E-state index is -0.869. The summed E-state index contributed by atoms with van der Waals surface area (Å²) in [5.41, 5.74) is 11.6. The molecule has 3 amide bonds. The minimum absolute atomic E-state index is 0.00243. The zero-order valence-electron chi connectivity index (χ0n) is 17.2. The average Bonchev–Trinajstić information content (AvgIpc) is 3.42. The summed E-state index contributed by atoms with van der Waals surface area (Å²) in [6.07, 6.45) is 1.75. The van der Waals surface area contributed by atoms with E-state index in [0.717, 1.165) is 11.5 Å². The largest absolute Gasteiger partial charge is 0.467 e. The number of nitrogens with two attached hydrogens (primary N) is 2. The normalized spacial score (nSPS) is 11.7. The van der Waals surface area contributed by atoms with Crippen LogP contribution < -0.4 is 16.8 Å². The highest BCUT2D eigenvalue weighted by molar-refractivity contribution is 7.09. The third kappa shape index (κ3) is 5.11. The summed E-state index contributed by atoms with van der Waals surface area (Å²) in [6, 6.07) is 8.19. The van der Waals surface area contributed by atoms with Gasteiger partial charge in [-0.05, 0) is 47.8 Å². The number of amides is 3. The molecule has 11 heteroatoms. The molecule has 1 atom stereocenters. The molecule has 0 radical (unpaired) electrons. The van der Waals surface area contributed by atoms with Gasteiger partial charge in [-0.2, -0.15) is 4.37 Å². The topological polar surface area (TPSA) is 145 Å². The SMILES string of the molecule is CC[C@@H](C(=O)NCc1ccc(F)cc1)N(Cc1ccco1)C(=O)c1snc(C(N)=O)c1N. The lowest BCUT2D eigenvalue weighted by Crippen LogP contribution is -2.48. The van der Waals surface area contributed by atoms with Crippen molar-refractivity contribution in [2.24, 2.45) is 5.73 Å². The van der Waals surface area contributed by atoms with Crippen LogP contribution in [0.1, 0.15) is 44.8 Å². The van der Waals surface area contributed by atoms with Gasteiger partial charge in [0.25, 0.3) is 11.8 Å². The second-order valence-corrected chi connectivity index (χ2v) is 7.69. The first-order valence-electron chi connectivity index (χ1n) is 9.72. The molecule has 1 aromatic carbocycles. The second kappa shape index (κ2) is 10.1. The van der Waals surface area contributed by atoms with E-state index in [0.29, 0.717) is 17.7 Å². The summed E-state index contributed by atoms with van der Waals surface area (Å²) in [5, 5.41) is 2.77. The minimum Gasteiger partial charge on any atom is -0.467 e. The van der Waals surface area contributed by atoms with Gasteiger partial charge >= 0.3 is 0 Å². The van der Waals surface area contributed by atoms with Gasteiger partial charge in [-0.25, -0.2) is 4.39 Å². The van der Waals surface area contributed by atoms with Crippen molar-refractivity contribution in [2.75, 3.05) is 5.73 Å². The van der Waals surface area contributed by atoms with Crippen molar-refractivity contribution in [3.8, 4) is 0 Å². The van der Waals surface area contributed by atoms with Crippen LogP contribution in [0, 0.1) is 5.82 Å². The van der Waals surface area contributed by atoms with Crippen molar-refractivity contribution in [1.82, 2.24) is 14.6 Å². The number of carbonyl (C=O) groups is 3. The predicted molar refractivity (Wildman–Crippen MR) is 116 cm³/mol. The van der Waals surface area contributed by atoms with Crippen molar-refractivity contribution in [3.63, 3.8) is 0 Å². The Morgan fingerprint density at radius 3 is 2.53 bits per heavy atom. The lowest BCUT2D eigenvalue weighted by atomic mass is 10.1. The highest BCUT2D eigenvalue weighted by Gasteiger charge is 2.33. The fourth-order valence-electron chi connectivity index (χ4n) is 3.11. The summed E-state index contributed by atoms with van der Waals surface area (Å²) in [4.78, 5) is 39.1. The maximum absolute atomic E-state index is 13.3. The molecule has 0 aliphatic rings. The Kier molecular flexibility index (Phi) is 7.21. The number of nitrogens with one attached hydrogen (secondary N) is 1. The van der Waals surface area contributed by atoms with Crippen LogP contribution in [0.3, 0.4) is 0 Å². The van der Waals surface area contributed by atoms with Crippen LogP contribution in [0.4, 0.5) is 10.1 Å². The molecule has 0 bridgehead atoms. The number of benzene rings is 1. The standard InChI is InChI=1S/C21H22FN5O4S/c1-2-15(20(29)25-10-12-5-7-13(22)8-6-12)27(11-14-4-3-9-31-14)21(30)18-16(23)17(19(24)28)26-32-18/h3-9,15H,2,10-11,23H2,1H3,(H2,24,28)(H,25,29)/t15-/m0/s1. The summed E-state index contributed by atoms with van der Waals surface area (Å²) in [6.45, 7) is 1.92. The van der Waals surface area contributed by atoms with Crippen molar-refractivity contribution in [1.29, 1.82) is 0 Å². The van der Waals surface area contributed by atoms with Gasteiger partial charge in [0, 0.05) is 6.54 Å².